The van der Waals surface area contributed by atoms with E-state index in [4.69, 9.17) is 0 Å². The van der Waals surface area contributed by atoms with E-state index in [2.05, 4.69) is 4.31 Å². The number of anilines is 1. The molecule has 0 radical (unpaired) electrons. The van der Waals surface area contributed by atoms with Crippen molar-refractivity contribution >= 4 is 23.3 Å². The molecule has 0 unspecified atom stereocenters. The molecule has 1 aromatic carbocycles. The summed E-state index contributed by atoms with van der Waals surface area (Å²) < 4.78 is 2.17. The number of hydrogen-bond donors (Lipinski definition) is 0. The largest absolute Gasteiger partial charge is 0.316 e. The first-order valence-electron chi connectivity index (χ1n) is 4.42. The molecular weight excluding hydrogens is 200 g/mol. The maximum absolute atomic E-state index is 10.4. The van der Waals surface area contributed by atoms with Crippen molar-refractivity contribution in [2.24, 2.45) is 0 Å². The minimum absolute atomic E-state index is 0.151. The van der Waals surface area contributed by atoms with Gasteiger partial charge in [-0.05, 0) is 30.5 Å². The van der Waals surface area contributed by atoms with Crippen molar-refractivity contribution in [1.82, 2.24) is 0 Å². The van der Waals surface area contributed by atoms with E-state index < -0.39 is 0 Å². The van der Waals surface area contributed by atoms with Gasteiger partial charge in [0.2, 0.25) is 0 Å². The van der Waals surface area contributed by atoms with Crippen LogP contribution in [0.3, 0.4) is 0 Å². The van der Waals surface area contributed by atoms with Crippen LogP contribution in [-0.2, 0) is 0 Å². The molecule has 0 bridgehead atoms. The van der Waals surface area contributed by atoms with E-state index in [1.165, 1.54) is 6.42 Å². The fourth-order valence-corrected chi connectivity index (χ4v) is 2.40. The Balaban J connectivity index is 2.16. The number of nitro groups is 1. The Hall–Kier alpha value is -1.23. The number of benzene rings is 1. The Morgan fingerprint density at radius 1 is 1.36 bits per heavy atom. The number of nitrogens with zero attached hydrogens (tertiary/aromatic N) is 2. The summed E-state index contributed by atoms with van der Waals surface area (Å²) in [6.45, 7) is 1.03. The van der Waals surface area contributed by atoms with Gasteiger partial charge in [-0.1, -0.05) is 0 Å². The minimum Gasteiger partial charge on any atom is -0.316 e. The predicted molar refractivity (Wildman–Crippen MR) is 57.5 cm³/mol. The molecule has 4 nitrogen and oxygen atoms in total. The van der Waals surface area contributed by atoms with E-state index in [1.807, 2.05) is 0 Å². The van der Waals surface area contributed by atoms with Gasteiger partial charge in [-0.2, -0.15) is 0 Å². The van der Waals surface area contributed by atoms with Gasteiger partial charge in [-0.3, -0.25) is 10.1 Å². The van der Waals surface area contributed by atoms with Crippen molar-refractivity contribution in [1.29, 1.82) is 0 Å². The predicted octanol–water partition coefficient (Wildman–Crippen LogP) is 2.45. The van der Waals surface area contributed by atoms with Crippen molar-refractivity contribution < 1.29 is 4.92 Å². The highest BCUT2D eigenvalue weighted by Crippen LogP contribution is 2.29. The fraction of sp³-hybridized carbons (Fsp3) is 0.333. The molecule has 0 amide bonds. The summed E-state index contributed by atoms with van der Waals surface area (Å²) >= 11 is 1.77. The van der Waals surface area contributed by atoms with Crippen molar-refractivity contribution in [3.05, 3.63) is 34.4 Å². The summed E-state index contributed by atoms with van der Waals surface area (Å²) in [5.41, 5.74) is 1.20. The monoisotopic (exact) mass is 210 g/mol. The van der Waals surface area contributed by atoms with Crippen molar-refractivity contribution in [2.75, 3.05) is 16.6 Å². The lowest BCUT2D eigenvalue weighted by atomic mass is 10.3. The second-order valence-corrected chi connectivity index (χ2v) is 4.17. The summed E-state index contributed by atoms with van der Waals surface area (Å²) in [7, 11) is 0. The molecule has 5 heteroatoms. The van der Waals surface area contributed by atoms with Gasteiger partial charge >= 0.3 is 0 Å². The summed E-state index contributed by atoms with van der Waals surface area (Å²) in [5, 5.41) is 10.4. The van der Waals surface area contributed by atoms with Crippen LogP contribution >= 0.6 is 11.9 Å². The Morgan fingerprint density at radius 2 is 2.07 bits per heavy atom. The molecule has 1 saturated heterocycles. The van der Waals surface area contributed by atoms with Crippen molar-refractivity contribution in [2.45, 2.75) is 6.42 Å². The molecule has 1 heterocycles. The van der Waals surface area contributed by atoms with Gasteiger partial charge in [0.25, 0.3) is 5.69 Å². The van der Waals surface area contributed by atoms with Crippen molar-refractivity contribution in [3.8, 4) is 0 Å². The molecule has 1 aliphatic rings. The third-order valence-corrected chi connectivity index (χ3v) is 3.28. The van der Waals surface area contributed by atoms with Gasteiger partial charge in [-0.15, -0.1) is 0 Å². The first-order chi connectivity index (χ1) is 6.77. The lowest BCUT2D eigenvalue weighted by Crippen LogP contribution is -2.08. The molecule has 1 fully saturated rings. The van der Waals surface area contributed by atoms with E-state index in [0.717, 1.165) is 18.0 Å². The van der Waals surface area contributed by atoms with E-state index in [9.17, 15) is 10.1 Å². The number of nitro benzene ring substituents is 1. The van der Waals surface area contributed by atoms with Gasteiger partial charge < -0.3 is 4.31 Å². The van der Waals surface area contributed by atoms with Crippen LogP contribution in [0.2, 0.25) is 0 Å². The zero-order valence-electron chi connectivity index (χ0n) is 7.55. The smallest absolute Gasteiger partial charge is 0.269 e. The third-order valence-electron chi connectivity index (χ3n) is 2.10. The average Bonchev–Trinajstić information content (AvgIpc) is 2.71. The van der Waals surface area contributed by atoms with E-state index in [1.54, 1.807) is 36.2 Å². The molecular formula is C9H10N2O2S. The molecule has 14 heavy (non-hydrogen) atoms. The zero-order valence-corrected chi connectivity index (χ0v) is 8.37. The summed E-state index contributed by atoms with van der Waals surface area (Å²) in [5.74, 6) is 1.14. The van der Waals surface area contributed by atoms with Gasteiger partial charge in [0, 0.05) is 30.1 Å². The first kappa shape index (κ1) is 9.33. The highest BCUT2D eigenvalue weighted by molar-refractivity contribution is 8.00. The first-order valence-corrected chi connectivity index (χ1v) is 5.36. The summed E-state index contributed by atoms with van der Waals surface area (Å²) in [6, 6.07) is 6.70. The number of hydrogen-bond acceptors (Lipinski definition) is 4. The summed E-state index contributed by atoms with van der Waals surface area (Å²) in [6.07, 6.45) is 1.18. The van der Waals surface area contributed by atoms with E-state index in [0.29, 0.717) is 0 Å². The second kappa shape index (κ2) is 3.88. The van der Waals surface area contributed by atoms with Gasteiger partial charge in [0.15, 0.2) is 0 Å². The Labute approximate surface area is 86.2 Å². The van der Waals surface area contributed by atoms with Gasteiger partial charge in [0.1, 0.15) is 0 Å². The zero-order chi connectivity index (χ0) is 9.97. The quantitative estimate of drug-likeness (QED) is 0.427. The molecule has 0 N–H and O–H groups in total. The van der Waals surface area contributed by atoms with Crippen LogP contribution in [0, 0.1) is 10.1 Å². The molecule has 1 aliphatic heterocycles. The topological polar surface area (TPSA) is 46.4 Å². The number of rotatable bonds is 2. The highest BCUT2D eigenvalue weighted by Gasteiger charge is 2.14. The maximum Gasteiger partial charge on any atom is 0.269 e. The van der Waals surface area contributed by atoms with Gasteiger partial charge in [-0.25, -0.2) is 0 Å². The Kier molecular flexibility index (Phi) is 2.58. The van der Waals surface area contributed by atoms with Gasteiger partial charge in [0.05, 0.1) is 4.92 Å². The van der Waals surface area contributed by atoms with E-state index >= 15 is 0 Å². The average molecular weight is 210 g/mol. The molecule has 0 saturated carbocycles. The normalized spacial score (nSPS) is 15.9. The molecule has 2 rings (SSSR count). The van der Waals surface area contributed by atoms with Crippen LogP contribution in [0.15, 0.2) is 24.3 Å². The number of non-ortho nitro benzene ring substituents is 1. The van der Waals surface area contributed by atoms with Crippen LogP contribution < -0.4 is 4.31 Å². The Morgan fingerprint density at radius 3 is 2.57 bits per heavy atom. The SMILES string of the molecule is O=[N+]([O-])c1ccc(N2CCCS2)cc1. The fourth-order valence-electron chi connectivity index (χ4n) is 1.39. The van der Waals surface area contributed by atoms with Crippen molar-refractivity contribution in [3.63, 3.8) is 0 Å². The Bertz CT molecular complexity index is 333. The molecule has 0 atom stereocenters. The van der Waals surface area contributed by atoms with Crippen LogP contribution in [0.25, 0.3) is 0 Å². The third kappa shape index (κ3) is 1.82. The van der Waals surface area contributed by atoms with Crippen LogP contribution in [0.5, 0.6) is 0 Å². The summed E-state index contributed by atoms with van der Waals surface area (Å²) in [4.78, 5) is 10.0. The molecule has 0 aromatic heterocycles. The minimum atomic E-state index is -0.374. The molecule has 0 aliphatic carbocycles. The lowest BCUT2D eigenvalue weighted by Gasteiger charge is -2.14. The standard InChI is InChI=1S/C9H10N2O2S/c12-11(13)9-4-2-8(3-5-9)10-6-1-7-14-10/h2-5H,1,6-7H2. The lowest BCUT2D eigenvalue weighted by molar-refractivity contribution is -0.384. The second-order valence-electron chi connectivity index (χ2n) is 3.06. The van der Waals surface area contributed by atoms with E-state index in [-0.39, 0.29) is 10.6 Å². The molecule has 1 aromatic rings. The van der Waals surface area contributed by atoms with Crippen LogP contribution in [0.1, 0.15) is 6.42 Å². The highest BCUT2D eigenvalue weighted by atomic mass is 32.2. The molecule has 0 spiro atoms. The molecule has 74 valence electrons. The maximum atomic E-state index is 10.4. The van der Waals surface area contributed by atoms with Crippen LogP contribution in [0.4, 0.5) is 11.4 Å². The van der Waals surface area contributed by atoms with Crippen LogP contribution in [-0.4, -0.2) is 17.2 Å².